The number of benzene rings is 1. The molecule has 3 aromatic heterocycles. The van der Waals surface area contributed by atoms with E-state index >= 15 is 0 Å². The van der Waals surface area contributed by atoms with Gasteiger partial charge < -0.3 is 9.47 Å². The highest BCUT2D eigenvalue weighted by Crippen LogP contribution is 2.28. The summed E-state index contributed by atoms with van der Waals surface area (Å²) in [5.41, 5.74) is 5.90. The van der Waals surface area contributed by atoms with Crippen LogP contribution < -0.4 is 0 Å². The summed E-state index contributed by atoms with van der Waals surface area (Å²) >= 11 is 0. The van der Waals surface area contributed by atoms with Crippen LogP contribution in [0, 0.1) is 12.8 Å². The fourth-order valence-corrected chi connectivity index (χ4v) is 4.56. The van der Waals surface area contributed by atoms with Crippen molar-refractivity contribution in [1.29, 1.82) is 0 Å². The van der Waals surface area contributed by atoms with Gasteiger partial charge in [-0.3, -0.25) is 9.89 Å². The zero-order valence-electron chi connectivity index (χ0n) is 17.2. The van der Waals surface area contributed by atoms with Crippen LogP contribution in [0.15, 0.2) is 61.1 Å². The third-order valence-corrected chi connectivity index (χ3v) is 6.06. The van der Waals surface area contributed by atoms with Crippen molar-refractivity contribution in [3.8, 4) is 11.3 Å². The average molecular weight is 399 g/mol. The molecule has 1 aliphatic rings. The number of aromatic nitrogens is 4. The second-order valence-electron chi connectivity index (χ2n) is 8.33. The molecule has 152 valence electrons. The predicted molar refractivity (Wildman–Crippen MR) is 117 cm³/mol. The summed E-state index contributed by atoms with van der Waals surface area (Å²) in [4.78, 5) is 19.8. The second kappa shape index (κ2) is 7.44. The Morgan fingerprint density at radius 1 is 1.23 bits per heavy atom. The van der Waals surface area contributed by atoms with E-state index in [1.165, 1.54) is 0 Å². The Hall–Kier alpha value is -3.41. The Kier molecular flexibility index (Phi) is 4.62. The fourth-order valence-electron chi connectivity index (χ4n) is 4.56. The molecule has 6 nitrogen and oxygen atoms in total. The predicted octanol–water partition coefficient (Wildman–Crippen LogP) is 4.29. The summed E-state index contributed by atoms with van der Waals surface area (Å²) in [6.07, 6.45) is 6.75. The van der Waals surface area contributed by atoms with Crippen molar-refractivity contribution in [2.45, 2.75) is 32.9 Å². The number of carbonyl (C=O) groups is 1. The molecule has 1 fully saturated rings. The maximum Gasteiger partial charge on any atom is 0.254 e. The van der Waals surface area contributed by atoms with E-state index < -0.39 is 0 Å². The average Bonchev–Trinajstić information content (AvgIpc) is 3.48. The number of rotatable bonds is 4. The number of hydrogen-bond donors (Lipinski definition) is 1. The van der Waals surface area contributed by atoms with E-state index in [4.69, 9.17) is 4.98 Å². The molecule has 4 aromatic rings. The Bertz CT molecular complexity index is 1190. The van der Waals surface area contributed by atoms with Crippen LogP contribution in [-0.2, 0) is 6.54 Å². The summed E-state index contributed by atoms with van der Waals surface area (Å²) < 4.78 is 2.26. The SMILES string of the molecule is Cc1cccc(C(=O)N2C[C@@H](Cn3ccc4nc(-c5cn[nH]c5)ccc43)C[C@H]2C)c1. The lowest BCUT2D eigenvalue weighted by Gasteiger charge is -2.22. The van der Waals surface area contributed by atoms with E-state index in [-0.39, 0.29) is 11.9 Å². The minimum Gasteiger partial charge on any atom is -0.346 e. The van der Waals surface area contributed by atoms with Crippen LogP contribution in [0.1, 0.15) is 29.3 Å². The molecule has 1 aromatic carbocycles. The Labute approximate surface area is 175 Å². The van der Waals surface area contributed by atoms with Crippen molar-refractivity contribution < 1.29 is 4.79 Å². The fraction of sp³-hybridized carbons (Fsp3) is 0.292. The number of likely N-dealkylation sites (tertiary alicyclic amines) is 1. The molecule has 0 radical (unpaired) electrons. The zero-order valence-corrected chi connectivity index (χ0v) is 17.2. The highest BCUT2D eigenvalue weighted by molar-refractivity contribution is 5.94. The number of H-pyrrole nitrogens is 1. The first kappa shape index (κ1) is 18.6. The van der Waals surface area contributed by atoms with Gasteiger partial charge in [0, 0.05) is 42.7 Å². The van der Waals surface area contributed by atoms with Gasteiger partial charge in [-0.1, -0.05) is 17.7 Å². The zero-order chi connectivity index (χ0) is 20.7. The van der Waals surface area contributed by atoms with Crippen LogP contribution in [0.2, 0.25) is 0 Å². The first-order valence-corrected chi connectivity index (χ1v) is 10.4. The Morgan fingerprint density at radius 2 is 2.13 bits per heavy atom. The molecule has 0 spiro atoms. The van der Waals surface area contributed by atoms with Crippen molar-refractivity contribution in [1.82, 2.24) is 24.6 Å². The van der Waals surface area contributed by atoms with Gasteiger partial charge in [0.15, 0.2) is 0 Å². The monoisotopic (exact) mass is 399 g/mol. The largest absolute Gasteiger partial charge is 0.346 e. The van der Waals surface area contributed by atoms with Gasteiger partial charge in [-0.15, -0.1) is 0 Å². The van der Waals surface area contributed by atoms with Gasteiger partial charge in [-0.05, 0) is 56.5 Å². The van der Waals surface area contributed by atoms with Crippen LogP contribution in [-0.4, -0.2) is 43.1 Å². The molecule has 2 atom stereocenters. The number of hydrogen-bond acceptors (Lipinski definition) is 3. The number of nitrogens with one attached hydrogen (secondary N) is 1. The number of aryl methyl sites for hydroxylation is 1. The van der Waals surface area contributed by atoms with E-state index in [0.717, 1.165) is 52.9 Å². The van der Waals surface area contributed by atoms with Crippen LogP contribution >= 0.6 is 0 Å². The molecule has 1 N–H and O–H groups in total. The van der Waals surface area contributed by atoms with Gasteiger partial charge in [0.25, 0.3) is 5.91 Å². The van der Waals surface area contributed by atoms with Gasteiger partial charge in [0.2, 0.25) is 0 Å². The van der Waals surface area contributed by atoms with E-state index in [2.05, 4.69) is 40.0 Å². The standard InChI is InChI=1S/C24H25N5O/c1-16-4-3-5-19(10-16)24(30)29-15-18(11-17(29)2)14-28-9-8-22-23(28)7-6-21(27-22)20-12-25-26-13-20/h3-10,12-13,17-18H,11,14-15H2,1-2H3,(H,25,26)/t17-,18-/m1/s1. The van der Waals surface area contributed by atoms with Crippen LogP contribution in [0.4, 0.5) is 0 Å². The van der Waals surface area contributed by atoms with Gasteiger partial charge >= 0.3 is 0 Å². The molecule has 4 heterocycles. The van der Waals surface area contributed by atoms with Gasteiger partial charge in [-0.2, -0.15) is 5.10 Å². The molecule has 1 amide bonds. The first-order valence-electron chi connectivity index (χ1n) is 10.4. The van der Waals surface area contributed by atoms with E-state index in [0.29, 0.717) is 5.92 Å². The van der Waals surface area contributed by atoms with Crippen molar-refractivity contribution in [3.63, 3.8) is 0 Å². The Balaban J connectivity index is 1.33. The molecule has 0 bridgehead atoms. The maximum atomic E-state index is 13.0. The summed E-state index contributed by atoms with van der Waals surface area (Å²) in [6, 6.07) is 14.3. The minimum atomic E-state index is 0.137. The number of carbonyl (C=O) groups excluding carboxylic acids is 1. The van der Waals surface area contributed by atoms with Crippen molar-refractivity contribution in [2.75, 3.05) is 6.54 Å². The molecule has 0 saturated carbocycles. The molecule has 30 heavy (non-hydrogen) atoms. The number of nitrogens with zero attached hydrogens (tertiary/aromatic N) is 4. The van der Waals surface area contributed by atoms with E-state index in [9.17, 15) is 4.79 Å². The maximum absolute atomic E-state index is 13.0. The quantitative estimate of drug-likeness (QED) is 0.557. The summed E-state index contributed by atoms with van der Waals surface area (Å²) in [6.45, 7) is 5.85. The summed E-state index contributed by atoms with van der Waals surface area (Å²) in [5, 5.41) is 6.84. The van der Waals surface area contributed by atoms with Crippen LogP contribution in [0.25, 0.3) is 22.3 Å². The molecular weight excluding hydrogens is 374 g/mol. The third kappa shape index (κ3) is 3.38. The molecule has 6 heteroatoms. The molecule has 1 aliphatic heterocycles. The molecular formula is C24H25N5O. The number of fused-ring (bicyclic) bond motifs is 1. The molecule has 1 saturated heterocycles. The van der Waals surface area contributed by atoms with Crippen molar-refractivity contribution >= 4 is 16.9 Å². The van der Waals surface area contributed by atoms with Crippen molar-refractivity contribution in [2.24, 2.45) is 5.92 Å². The van der Waals surface area contributed by atoms with E-state index in [1.807, 2.05) is 48.4 Å². The number of amides is 1. The van der Waals surface area contributed by atoms with Gasteiger partial charge in [0.05, 0.1) is 22.9 Å². The van der Waals surface area contributed by atoms with Crippen LogP contribution in [0.5, 0.6) is 0 Å². The highest BCUT2D eigenvalue weighted by atomic mass is 16.2. The van der Waals surface area contributed by atoms with Gasteiger partial charge in [-0.25, -0.2) is 4.98 Å². The van der Waals surface area contributed by atoms with E-state index in [1.54, 1.807) is 6.20 Å². The molecule has 5 rings (SSSR count). The molecule has 0 unspecified atom stereocenters. The summed E-state index contributed by atoms with van der Waals surface area (Å²) in [5.74, 6) is 0.565. The van der Waals surface area contributed by atoms with Gasteiger partial charge in [0.1, 0.15) is 0 Å². The summed E-state index contributed by atoms with van der Waals surface area (Å²) in [7, 11) is 0. The minimum absolute atomic E-state index is 0.137. The van der Waals surface area contributed by atoms with Crippen molar-refractivity contribution in [3.05, 3.63) is 72.2 Å². The lowest BCUT2D eigenvalue weighted by atomic mass is 10.1. The lowest BCUT2D eigenvalue weighted by molar-refractivity contribution is 0.0742. The molecule has 0 aliphatic carbocycles. The topological polar surface area (TPSA) is 66.8 Å². The number of pyridine rings is 1. The third-order valence-electron chi connectivity index (χ3n) is 6.06. The smallest absolute Gasteiger partial charge is 0.254 e. The second-order valence-corrected chi connectivity index (χ2v) is 8.33. The highest BCUT2D eigenvalue weighted by Gasteiger charge is 2.33. The normalized spacial score (nSPS) is 18.9. The number of aromatic amines is 1. The first-order chi connectivity index (χ1) is 14.6. The lowest BCUT2D eigenvalue weighted by Crippen LogP contribution is -2.34. The Morgan fingerprint density at radius 3 is 2.93 bits per heavy atom. The van der Waals surface area contributed by atoms with Crippen LogP contribution in [0.3, 0.4) is 0 Å².